The monoisotopic (exact) mass is 382 g/mol. The van der Waals surface area contributed by atoms with E-state index in [1.807, 2.05) is 19.1 Å². The summed E-state index contributed by atoms with van der Waals surface area (Å²) in [5.74, 6) is -1.99. The van der Waals surface area contributed by atoms with Gasteiger partial charge in [0.15, 0.2) is 0 Å². The third-order valence-electron chi connectivity index (χ3n) is 6.36. The van der Waals surface area contributed by atoms with Gasteiger partial charge in [0.05, 0.1) is 24.7 Å². The van der Waals surface area contributed by atoms with Crippen molar-refractivity contribution in [3.8, 4) is 5.75 Å². The van der Waals surface area contributed by atoms with Crippen molar-refractivity contribution in [2.45, 2.75) is 12.5 Å². The molecule has 2 bridgehead atoms. The van der Waals surface area contributed by atoms with Gasteiger partial charge in [-0.3, -0.25) is 19.3 Å². The van der Waals surface area contributed by atoms with Crippen molar-refractivity contribution in [3.63, 3.8) is 0 Å². The second kappa shape index (κ2) is 6.38. The zero-order valence-electron chi connectivity index (χ0n) is 16.2. The van der Waals surface area contributed by atoms with Crippen LogP contribution < -0.4 is 4.74 Å². The number of nitrogens with zero attached hydrogens (tertiary/aromatic N) is 2. The summed E-state index contributed by atoms with van der Waals surface area (Å²) in [7, 11) is 4.60. The van der Waals surface area contributed by atoms with E-state index in [9.17, 15) is 14.4 Å². The van der Waals surface area contributed by atoms with E-state index in [1.165, 1.54) is 11.9 Å². The van der Waals surface area contributed by atoms with Gasteiger partial charge in [-0.25, -0.2) is 4.99 Å². The number of fused-ring (bicyclic) bond motifs is 1. The smallest absolute Gasteiger partial charge is 0.277 e. The van der Waals surface area contributed by atoms with Crippen molar-refractivity contribution in [2.75, 3.05) is 21.3 Å². The molecule has 1 aromatic rings. The van der Waals surface area contributed by atoms with Gasteiger partial charge in [-0.2, -0.15) is 0 Å². The molecular weight excluding hydrogens is 360 g/mol. The number of carbonyl (C=O) groups is 3. The van der Waals surface area contributed by atoms with Gasteiger partial charge in [0.25, 0.3) is 5.91 Å². The number of methoxy groups -OCH3 is 2. The number of hydrogen-bond donors (Lipinski definition) is 0. The second-order valence-corrected chi connectivity index (χ2v) is 7.57. The second-order valence-electron chi connectivity index (χ2n) is 7.57. The molecule has 1 saturated carbocycles. The zero-order valence-corrected chi connectivity index (χ0v) is 16.2. The summed E-state index contributed by atoms with van der Waals surface area (Å²) in [5.41, 5.74) is -0.00945. The highest BCUT2D eigenvalue weighted by molar-refractivity contribution is 6.15. The molecule has 28 heavy (non-hydrogen) atoms. The first-order valence-electron chi connectivity index (χ1n) is 9.15. The van der Waals surface area contributed by atoms with Crippen LogP contribution in [0.1, 0.15) is 17.3 Å². The number of rotatable bonds is 3. The lowest BCUT2D eigenvalue weighted by Crippen LogP contribution is -2.61. The Morgan fingerprint density at radius 3 is 2.32 bits per heavy atom. The van der Waals surface area contributed by atoms with Gasteiger partial charge in [-0.1, -0.05) is 12.2 Å². The van der Waals surface area contributed by atoms with E-state index in [-0.39, 0.29) is 17.7 Å². The number of likely N-dealkylation sites (tertiary alicyclic amines) is 1. The van der Waals surface area contributed by atoms with Crippen LogP contribution in [0.15, 0.2) is 41.4 Å². The fourth-order valence-electron chi connectivity index (χ4n) is 4.72. The molecule has 2 fully saturated rings. The molecule has 3 amide bonds. The van der Waals surface area contributed by atoms with Crippen molar-refractivity contribution < 1.29 is 23.9 Å². The van der Waals surface area contributed by atoms with Crippen LogP contribution in [0.3, 0.4) is 0 Å². The number of amides is 3. The topological polar surface area (TPSA) is 85.3 Å². The van der Waals surface area contributed by atoms with Gasteiger partial charge in [-0.05, 0) is 31.2 Å². The molecular formula is C21H22N2O5. The molecule has 5 rings (SSSR count). The number of allylic oxidation sites excluding steroid dienone is 1. The molecule has 0 N–H and O–H groups in total. The van der Waals surface area contributed by atoms with Crippen LogP contribution in [-0.2, 0) is 14.3 Å². The predicted molar refractivity (Wildman–Crippen MR) is 101 cm³/mol. The van der Waals surface area contributed by atoms with Crippen LogP contribution in [0.4, 0.5) is 0 Å². The average Bonchev–Trinajstić information content (AvgIpc) is 2.95. The Morgan fingerprint density at radius 1 is 1.07 bits per heavy atom. The van der Waals surface area contributed by atoms with Crippen LogP contribution in [0, 0.1) is 23.7 Å². The Kier molecular flexibility index (Phi) is 4.23. The zero-order chi connectivity index (χ0) is 20.2. The van der Waals surface area contributed by atoms with Gasteiger partial charge in [-0.15, -0.1) is 0 Å². The molecule has 7 heteroatoms. The highest BCUT2D eigenvalue weighted by Crippen LogP contribution is 2.53. The van der Waals surface area contributed by atoms with Gasteiger partial charge >= 0.3 is 0 Å². The predicted octanol–water partition coefficient (Wildman–Crippen LogP) is 1.73. The highest BCUT2D eigenvalue weighted by Gasteiger charge is 2.65. The van der Waals surface area contributed by atoms with E-state index in [2.05, 4.69) is 4.99 Å². The molecule has 0 spiro atoms. The fourth-order valence-corrected chi connectivity index (χ4v) is 4.72. The van der Waals surface area contributed by atoms with E-state index >= 15 is 0 Å². The largest absolute Gasteiger partial charge is 0.497 e. The fraction of sp³-hybridized carbons (Fsp3) is 0.429. The minimum Gasteiger partial charge on any atom is -0.497 e. The Hall–Kier alpha value is -2.80. The molecule has 1 aromatic carbocycles. The number of aliphatic imine (C=N–C) groups is 1. The number of carbonyl (C=O) groups excluding carboxylic acids is 3. The van der Waals surface area contributed by atoms with Crippen molar-refractivity contribution in [1.29, 1.82) is 0 Å². The number of hydrogen-bond acceptors (Lipinski definition) is 5. The third-order valence-corrected chi connectivity index (χ3v) is 6.36. The normalized spacial score (nSPS) is 34.9. The molecule has 1 saturated heterocycles. The first-order valence-corrected chi connectivity index (χ1v) is 9.15. The maximum absolute atomic E-state index is 12.8. The van der Waals surface area contributed by atoms with E-state index < -0.39 is 29.3 Å². The van der Waals surface area contributed by atoms with Crippen molar-refractivity contribution in [1.82, 2.24) is 4.90 Å². The minimum atomic E-state index is -0.927. The van der Waals surface area contributed by atoms with Crippen LogP contribution >= 0.6 is 0 Å². The van der Waals surface area contributed by atoms with Crippen LogP contribution in [-0.4, -0.2) is 55.2 Å². The van der Waals surface area contributed by atoms with Crippen LogP contribution in [0.5, 0.6) is 5.75 Å². The molecule has 5 atom stereocenters. The van der Waals surface area contributed by atoms with Crippen LogP contribution in [0.25, 0.3) is 0 Å². The van der Waals surface area contributed by atoms with Gasteiger partial charge in [0, 0.05) is 31.6 Å². The average molecular weight is 382 g/mol. The summed E-state index contributed by atoms with van der Waals surface area (Å²) < 4.78 is 10.9. The summed E-state index contributed by atoms with van der Waals surface area (Å²) in [6.07, 6.45) is 3.81. The molecule has 0 radical (unpaired) electrons. The Morgan fingerprint density at radius 2 is 1.71 bits per heavy atom. The van der Waals surface area contributed by atoms with Gasteiger partial charge in [0.2, 0.25) is 11.8 Å². The van der Waals surface area contributed by atoms with Crippen molar-refractivity contribution in [2.24, 2.45) is 28.7 Å². The van der Waals surface area contributed by atoms with E-state index in [0.29, 0.717) is 17.0 Å². The lowest BCUT2D eigenvalue weighted by molar-refractivity contribution is -0.138. The number of ether oxygens (including phenoxy) is 2. The Labute approximate surface area is 163 Å². The molecule has 0 aromatic heterocycles. The molecule has 1 aliphatic heterocycles. The lowest BCUT2D eigenvalue weighted by atomic mass is 9.56. The summed E-state index contributed by atoms with van der Waals surface area (Å²) >= 11 is 0. The maximum Gasteiger partial charge on any atom is 0.277 e. The number of imide groups is 1. The summed E-state index contributed by atoms with van der Waals surface area (Å²) in [6, 6.07) is 6.68. The van der Waals surface area contributed by atoms with E-state index in [4.69, 9.17) is 9.47 Å². The van der Waals surface area contributed by atoms with Crippen molar-refractivity contribution >= 4 is 23.4 Å². The highest BCUT2D eigenvalue weighted by atomic mass is 16.5. The van der Waals surface area contributed by atoms with Crippen LogP contribution in [0.2, 0.25) is 0 Å². The lowest BCUT2D eigenvalue weighted by Gasteiger charge is -2.50. The summed E-state index contributed by atoms with van der Waals surface area (Å²) in [6.45, 7) is 1.83. The third kappa shape index (κ3) is 2.39. The Balaban J connectivity index is 1.77. The molecule has 3 aliphatic carbocycles. The quantitative estimate of drug-likeness (QED) is 0.587. The summed E-state index contributed by atoms with van der Waals surface area (Å²) in [5, 5.41) is 0. The van der Waals surface area contributed by atoms with E-state index in [0.717, 1.165) is 0 Å². The standard InChI is InChI=1S/C21H22N2O5/c1-21(28-4)14-10-9-13(15-16(14)20(26)23(2)19(15)25)17(21)22-18(24)11-5-7-12(27-3)8-6-11/h5-10,13-16H,1-4H3/t13-,14+,15+,16-,21-/m1/s1. The molecule has 146 valence electrons. The SMILES string of the molecule is COc1ccc(C(=O)N=C2[C@@H]3C=C[C@@H]([C@H]4C(=O)N(C)C(=O)[C@H]43)[C@@]2(C)OC)cc1. The van der Waals surface area contributed by atoms with Crippen molar-refractivity contribution in [3.05, 3.63) is 42.0 Å². The minimum absolute atomic E-state index is 0.196. The molecule has 7 nitrogen and oxygen atoms in total. The molecule has 0 unspecified atom stereocenters. The maximum atomic E-state index is 12.8. The van der Waals surface area contributed by atoms with Gasteiger partial charge < -0.3 is 9.47 Å². The first kappa shape index (κ1) is 18.6. The first-order chi connectivity index (χ1) is 13.3. The number of benzene rings is 1. The Bertz CT molecular complexity index is 919. The van der Waals surface area contributed by atoms with E-state index in [1.54, 1.807) is 38.5 Å². The summed E-state index contributed by atoms with van der Waals surface area (Å²) in [4.78, 5) is 43.7. The van der Waals surface area contributed by atoms with Gasteiger partial charge in [0.1, 0.15) is 11.4 Å². The molecule has 1 heterocycles. The molecule has 4 aliphatic rings.